The SMILES string of the molecule is CN(Cc1cccc(N(C)C)c1)C(=NCCCN1CCOCC1)NCCc1ccco1. The number of benzene rings is 1. The molecule has 3 rings (SSSR count). The number of ether oxygens (including phenoxy) is 1. The molecule has 0 aliphatic carbocycles. The number of guanidine groups is 1. The molecule has 1 aromatic heterocycles. The van der Waals surface area contributed by atoms with Crippen molar-refractivity contribution < 1.29 is 9.15 Å². The van der Waals surface area contributed by atoms with E-state index in [0.717, 1.165) is 77.0 Å². The van der Waals surface area contributed by atoms with Crippen LogP contribution in [-0.4, -0.2) is 82.8 Å². The lowest BCUT2D eigenvalue weighted by molar-refractivity contribution is 0.0377. The molecule has 0 bridgehead atoms. The first-order valence-electron chi connectivity index (χ1n) is 11.2. The number of nitrogens with one attached hydrogen (secondary N) is 1. The summed E-state index contributed by atoms with van der Waals surface area (Å²) >= 11 is 0. The van der Waals surface area contributed by atoms with Gasteiger partial charge < -0.3 is 24.3 Å². The van der Waals surface area contributed by atoms with E-state index in [4.69, 9.17) is 14.1 Å². The minimum Gasteiger partial charge on any atom is -0.469 e. The van der Waals surface area contributed by atoms with Crippen LogP contribution >= 0.6 is 0 Å². The first-order valence-corrected chi connectivity index (χ1v) is 11.2. The van der Waals surface area contributed by atoms with Gasteiger partial charge in [0.15, 0.2) is 5.96 Å². The van der Waals surface area contributed by atoms with Gasteiger partial charge in [0.2, 0.25) is 0 Å². The molecule has 0 radical (unpaired) electrons. The number of aliphatic imine (C=N–C) groups is 1. The number of hydrogen-bond acceptors (Lipinski definition) is 5. The van der Waals surface area contributed by atoms with Gasteiger partial charge in [0.25, 0.3) is 0 Å². The lowest BCUT2D eigenvalue weighted by atomic mass is 10.2. The van der Waals surface area contributed by atoms with Crippen LogP contribution in [0.2, 0.25) is 0 Å². The molecule has 1 fully saturated rings. The summed E-state index contributed by atoms with van der Waals surface area (Å²) in [4.78, 5) is 11.7. The first-order chi connectivity index (χ1) is 15.1. The standard InChI is InChI=1S/C24H37N5O2/c1-27(2)22-8-4-7-21(19-22)20-28(3)24(26-12-10-23-9-5-16-31-23)25-11-6-13-29-14-17-30-18-15-29/h4-5,7-9,16,19H,6,10-15,17-18,20H2,1-3H3,(H,25,26). The molecular weight excluding hydrogens is 390 g/mol. The van der Waals surface area contributed by atoms with Gasteiger partial charge in [-0.1, -0.05) is 12.1 Å². The summed E-state index contributed by atoms with van der Waals surface area (Å²) in [6.45, 7) is 7.22. The summed E-state index contributed by atoms with van der Waals surface area (Å²) < 4.78 is 10.9. The third-order valence-electron chi connectivity index (χ3n) is 5.44. The third kappa shape index (κ3) is 7.92. The van der Waals surface area contributed by atoms with Crippen LogP contribution in [0.5, 0.6) is 0 Å². The highest BCUT2D eigenvalue weighted by Crippen LogP contribution is 2.14. The largest absolute Gasteiger partial charge is 0.469 e. The molecule has 170 valence electrons. The van der Waals surface area contributed by atoms with Crippen molar-refractivity contribution in [3.05, 3.63) is 54.0 Å². The van der Waals surface area contributed by atoms with E-state index in [9.17, 15) is 0 Å². The Labute approximate surface area is 186 Å². The molecule has 0 spiro atoms. The summed E-state index contributed by atoms with van der Waals surface area (Å²) in [5.41, 5.74) is 2.48. The van der Waals surface area contributed by atoms with Gasteiger partial charge in [0, 0.05) is 72.5 Å². The predicted octanol–water partition coefficient (Wildman–Crippen LogP) is 2.69. The minimum atomic E-state index is 0.790. The zero-order chi connectivity index (χ0) is 21.9. The van der Waals surface area contributed by atoms with Gasteiger partial charge in [0.05, 0.1) is 19.5 Å². The summed E-state index contributed by atoms with van der Waals surface area (Å²) in [6.07, 6.45) is 3.61. The van der Waals surface area contributed by atoms with E-state index in [-0.39, 0.29) is 0 Å². The van der Waals surface area contributed by atoms with Gasteiger partial charge >= 0.3 is 0 Å². The lowest BCUT2D eigenvalue weighted by Gasteiger charge is -2.26. The Kier molecular flexibility index (Phi) is 9.24. The van der Waals surface area contributed by atoms with Crippen LogP contribution in [0.15, 0.2) is 52.1 Å². The normalized spacial score (nSPS) is 15.1. The summed E-state index contributed by atoms with van der Waals surface area (Å²) in [7, 11) is 6.24. The van der Waals surface area contributed by atoms with Crippen LogP contribution in [0.25, 0.3) is 0 Å². The van der Waals surface area contributed by atoms with Crippen LogP contribution in [0, 0.1) is 0 Å². The van der Waals surface area contributed by atoms with Gasteiger partial charge in [-0.3, -0.25) is 9.89 Å². The molecular formula is C24H37N5O2. The summed E-state index contributed by atoms with van der Waals surface area (Å²) in [5.74, 6) is 1.92. The van der Waals surface area contributed by atoms with Crippen LogP contribution in [0.4, 0.5) is 5.69 Å². The Morgan fingerprint density at radius 1 is 1.13 bits per heavy atom. The molecule has 0 amide bonds. The van der Waals surface area contributed by atoms with Crippen molar-refractivity contribution in [3.8, 4) is 0 Å². The second-order valence-corrected chi connectivity index (χ2v) is 8.19. The number of anilines is 1. The molecule has 31 heavy (non-hydrogen) atoms. The Bertz CT molecular complexity index is 785. The number of morpholine rings is 1. The quantitative estimate of drug-likeness (QED) is 0.357. The average molecular weight is 428 g/mol. The van der Waals surface area contributed by atoms with Crippen molar-refractivity contribution >= 4 is 11.6 Å². The van der Waals surface area contributed by atoms with Crippen molar-refractivity contribution in [2.24, 2.45) is 4.99 Å². The zero-order valence-corrected chi connectivity index (χ0v) is 19.2. The van der Waals surface area contributed by atoms with Gasteiger partial charge in [-0.05, 0) is 36.2 Å². The highest BCUT2D eigenvalue weighted by atomic mass is 16.5. The molecule has 1 N–H and O–H groups in total. The maximum Gasteiger partial charge on any atom is 0.193 e. The molecule has 1 aliphatic heterocycles. The Morgan fingerprint density at radius 3 is 2.71 bits per heavy atom. The number of furan rings is 1. The molecule has 0 saturated carbocycles. The molecule has 1 saturated heterocycles. The molecule has 1 aliphatic rings. The van der Waals surface area contributed by atoms with E-state index >= 15 is 0 Å². The fraction of sp³-hybridized carbons (Fsp3) is 0.542. The monoisotopic (exact) mass is 427 g/mol. The average Bonchev–Trinajstić information content (AvgIpc) is 3.30. The highest BCUT2D eigenvalue weighted by Gasteiger charge is 2.11. The van der Waals surface area contributed by atoms with Crippen LogP contribution in [0.3, 0.4) is 0 Å². The smallest absolute Gasteiger partial charge is 0.193 e. The van der Waals surface area contributed by atoms with Gasteiger partial charge in [-0.2, -0.15) is 0 Å². The van der Waals surface area contributed by atoms with Crippen molar-refractivity contribution in [2.75, 3.05) is 72.0 Å². The fourth-order valence-electron chi connectivity index (χ4n) is 3.65. The maximum absolute atomic E-state index is 5.46. The first kappa shape index (κ1) is 23.2. The van der Waals surface area contributed by atoms with E-state index in [2.05, 4.69) is 65.4 Å². The van der Waals surface area contributed by atoms with Gasteiger partial charge in [-0.15, -0.1) is 0 Å². The molecule has 7 nitrogen and oxygen atoms in total. The molecule has 0 atom stereocenters. The fourth-order valence-corrected chi connectivity index (χ4v) is 3.65. The zero-order valence-electron chi connectivity index (χ0n) is 19.2. The van der Waals surface area contributed by atoms with E-state index < -0.39 is 0 Å². The van der Waals surface area contributed by atoms with Crippen molar-refractivity contribution in [2.45, 2.75) is 19.4 Å². The van der Waals surface area contributed by atoms with Crippen molar-refractivity contribution in [1.29, 1.82) is 0 Å². The molecule has 2 heterocycles. The lowest BCUT2D eigenvalue weighted by Crippen LogP contribution is -2.40. The Balaban J connectivity index is 1.56. The molecule has 7 heteroatoms. The molecule has 0 unspecified atom stereocenters. The number of nitrogens with zero attached hydrogens (tertiary/aromatic N) is 4. The van der Waals surface area contributed by atoms with Gasteiger partial charge in [-0.25, -0.2) is 0 Å². The van der Waals surface area contributed by atoms with Gasteiger partial charge in [0.1, 0.15) is 5.76 Å². The predicted molar refractivity (Wildman–Crippen MR) is 127 cm³/mol. The van der Waals surface area contributed by atoms with E-state index in [1.165, 1.54) is 11.3 Å². The van der Waals surface area contributed by atoms with E-state index in [1.54, 1.807) is 6.26 Å². The topological polar surface area (TPSA) is 56.5 Å². The summed E-state index contributed by atoms with van der Waals surface area (Å²) in [6, 6.07) is 12.6. The summed E-state index contributed by atoms with van der Waals surface area (Å²) in [5, 5.41) is 3.53. The number of rotatable bonds is 10. The van der Waals surface area contributed by atoms with Crippen molar-refractivity contribution in [1.82, 2.24) is 15.1 Å². The maximum atomic E-state index is 5.46. The third-order valence-corrected chi connectivity index (χ3v) is 5.44. The van der Waals surface area contributed by atoms with E-state index in [1.807, 2.05) is 12.1 Å². The second-order valence-electron chi connectivity index (χ2n) is 8.19. The highest BCUT2D eigenvalue weighted by molar-refractivity contribution is 5.79. The van der Waals surface area contributed by atoms with Crippen LogP contribution < -0.4 is 10.2 Å². The Morgan fingerprint density at radius 2 is 1.97 bits per heavy atom. The second kappa shape index (κ2) is 12.4. The van der Waals surface area contributed by atoms with Crippen LogP contribution in [0.1, 0.15) is 17.7 Å². The number of hydrogen-bond donors (Lipinski definition) is 1. The Hall–Kier alpha value is -2.51. The van der Waals surface area contributed by atoms with Crippen molar-refractivity contribution in [3.63, 3.8) is 0 Å². The molecule has 1 aromatic carbocycles. The minimum absolute atomic E-state index is 0.790. The molecule has 2 aromatic rings. The van der Waals surface area contributed by atoms with E-state index in [0.29, 0.717) is 0 Å². The van der Waals surface area contributed by atoms with Crippen LogP contribution in [-0.2, 0) is 17.7 Å².